The minimum Gasteiger partial charge on any atom is -0.369 e. The zero-order chi connectivity index (χ0) is 11.8. The molecule has 0 saturated heterocycles. The standard InChI is InChI=1S/C13H12N4/c1-8-12(17-13(14)16-8)7-9-2-3-11-10(6-9)4-5-15-11/h2-3,5-7H,1,4H2,(H3,14,16,17)/b12-7-. The van der Waals surface area contributed by atoms with Crippen LogP contribution in [0.4, 0.5) is 11.6 Å². The number of benzene rings is 1. The fraction of sp³-hybridized carbons (Fsp3) is 0.0769. The molecule has 1 aromatic carbocycles. The molecule has 3 N–H and O–H groups in total. The van der Waals surface area contributed by atoms with Gasteiger partial charge in [0.25, 0.3) is 0 Å². The third-order valence-corrected chi connectivity index (χ3v) is 2.78. The normalized spacial score (nSPS) is 14.2. The van der Waals surface area contributed by atoms with Crippen LogP contribution in [-0.4, -0.2) is 16.2 Å². The maximum atomic E-state index is 5.58. The average molecular weight is 224 g/mol. The van der Waals surface area contributed by atoms with Crippen LogP contribution in [-0.2, 0) is 6.42 Å². The van der Waals surface area contributed by atoms with E-state index in [1.165, 1.54) is 5.56 Å². The van der Waals surface area contributed by atoms with Gasteiger partial charge in [0, 0.05) is 12.6 Å². The summed E-state index contributed by atoms with van der Waals surface area (Å²) < 4.78 is 0. The van der Waals surface area contributed by atoms with Crippen molar-refractivity contribution >= 4 is 30.5 Å². The smallest absolute Gasteiger partial charge is 0.198 e. The fourth-order valence-electron chi connectivity index (χ4n) is 1.95. The van der Waals surface area contributed by atoms with Gasteiger partial charge >= 0.3 is 0 Å². The summed E-state index contributed by atoms with van der Waals surface area (Å²) in [6, 6.07) is 6.15. The van der Waals surface area contributed by atoms with Gasteiger partial charge in [-0.05, 0) is 29.3 Å². The van der Waals surface area contributed by atoms with Gasteiger partial charge in [0.2, 0.25) is 0 Å². The van der Waals surface area contributed by atoms with Crippen molar-refractivity contribution in [3.63, 3.8) is 0 Å². The summed E-state index contributed by atoms with van der Waals surface area (Å²) in [5.41, 5.74) is 8.96. The molecule has 0 bridgehead atoms. The molecule has 2 heterocycles. The van der Waals surface area contributed by atoms with Crippen LogP contribution in [0.3, 0.4) is 0 Å². The molecule has 0 saturated carbocycles. The lowest BCUT2D eigenvalue weighted by atomic mass is 10.1. The third-order valence-electron chi connectivity index (χ3n) is 2.78. The quantitative estimate of drug-likeness (QED) is 0.740. The molecule has 0 spiro atoms. The molecule has 84 valence electrons. The maximum Gasteiger partial charge on any atom is 0.198 e. The van der Waals surface area contributed by atoms with Crippen molar-refractivity contribution < 1.29 is 0 Å². The van der Waals surface area contributed by atoms with Crippen molar-refractivity contribution in [1.29, 1.82) is 0 Å². The van der Waals surface area contributed by atoms with Gasteiger partial charge in [0.05, 0.1) is 16.4 Å². The van der Waals surface area contributed by atoms with Crippen LogP contribution in [0.1, 0.15) is 11.1 Å². The summed E-state index contributed by atoms with van der Waals surface area (Å²) in [4.78, 5) is 11.3. The number of nitrogen functional groups attached to an aromatic ring is 1. The topological polar surface area (TPSA) is 67.1 Å². The first-order valence-corrected chi connectivity index (χ1v) is 5.40. The summed E-state index contributed by atoms with van der Waals surface area (Å²) in [6.45, 7) is 3.86. The number of hydrogen-bond donors (Lipinski definition) is 2. The summed E-state index contributed by atoms with van der Waals surface area (Å²) in [7, 11) is 0. The van der Waals surface area contributed by atoms with Crippen molar-refractivity contribution in [1.82, 2.24) is 9.97 Å². The second-order valence-corrected chi connectivity index (χ2v) is 4.03. The van der Waals surface area contributed by atoms with E-state index in [1.54, 1.807) is 0 Å². The second kappa shape index (κ2) is 3.59. The van der Waals surface area contributed by atoms with Gasteiger partial charge in [0.15, 0.2) is 5.95 Å². The first-order chi connectivity index (χ1) is 8.22. The fourth-order valence-corrected chi connectivity index (χ4v) is 1.95. The third kappa shape index (κ3) is 1.73. The number of anilines is 1. The Bertz CT molecular complexity index is 710. The minimum absolute atomic E-state index is 0.394. The van der Waals surface area contributed by atoms with E-state index in [2.05, 4.69) is 27.6 Å². The van der Waals surface area contributed by atoms with Gasteiger partial charge in [0.1, 0.15) is 0 Å². The molecule has 1 aliphatic heterocycles. The van der Waals surface area contributed by atoms with E-state index >= 15 is 0 Å². The first kappa shape index (κ1) is 9.84. The van der Waals surface area contributed by atoms with Crippen LogP contribution in [0.25, 0.3) is 12.7 Å². The highest BCUT2D eigenvalue weighted by atomic mass is 15.0. The van der Waals surface area contributed by atoms with Gasteiger partial charge < -0.3 is 10.7 Å². The average Bonchev–Trinajstić information content (AvgIpc) is 2.85. The molecule has 1 aromatic heterocycles. The molecule has 3 rings (SSSR count). The molecule has 1 aliphatic rings. The maximum absolute atomic E-state index is 5.58. The Balaban J connectivity index is 2.10. The number of imidazole rings is 1. The molecular weight excluding hydrogens is 212 g/mol. The van der Waals surface area contributed by atoms with Gasteiger partial charge in [-0.1, -0.05) is 12.6 Å². The van der Waals surface area contributed by atoms with Gasteiger partial charge in [-0.3, -0.25) is 4.99 Å². The van der Waals surface area contributed by atoms with E-state index in [4.69, 9.17) is 5.73 Å². The summed E-state index contributed by atoms with van der Waals surface area (Å²) in [5.74, 6) is 0.394. The number of nitrogens with one attached hydrogen (secondary N) is 1. The van der Waals surface area contributed by atoms with Crippen molar-refractivity contribution in [3.05, 3.63) is 40.0 Å². The zero-order valence-electron chi connectivity index (χ0n) is 9.27. The van der Waals surface area contributed by atoms with E-state index in [1.807, 2.05) is 24.4 Å². The molecule has 4 heteroatoms. The van der Waals surface area contributed by atoms with Crippen LogP contribution >= 0.6 is 0 Å². The highest BCUT2D eigenvalue weighted by Crippen LogP contribution is 2.24. The Kier molecular flexibility index (Phi) is 2.08. The van der Waals surface area contributed by atoms with Crippen molar-refractivity contribution in [2.75, 3.05) is 5.73 Å². The highest BCUT2D eigenvalue weighted by Gasteiger charge is 2.05. The van der Waals surface area contributed by atoms with E-state index in [9.17, 15) is 0 Å². The molecule has 0 amide bonds. The van der Waals surface area contributed by atoms with Crippen LogP contribution in [0.5, 0.6) is 0 Å². The summed E-state index contributed by atoms with van der Waals surface area (Å²) >= 11 is 0. The predicted octanol–water partition coefficient (Wildman–Crippen LogP) is 0.489. The predicted molar refractivity (Wildman–Crippen MR) is 69.6 cm³/mol. The first-order valence-electron chi connectivity index (χ1n) is 5.40. The molecular formula is C13H12N4. The molecule has 0 atom stereocenters. The van der Waals surface area contributed by atoms with Crippen LogP contribution in [0.15, 0.2) is 23.2 Å². The van der Waals surface area contributed by atoms with Crippen molar-refractivity contribution in [2.45, 2.75) is 6.42 Å². The van der Waals surface area contributed by atoms with Gasteiger partial charge in [-0.2, -0.15) is 0 Å². The Hall–Kier alpha value is -2.36. The van der Waals surface area contributed by atoms with Crippen molar-refractivity contribution in [3.8, 4) is 0 Å². The molecule has 0 radical (unpaired) electrons. The van der Waals surface area contributed by atoms with Crippen molar-refractivity contribution in [2.24, 2.45) is 4.99 Å². The van der Waals surface area contributed by atoms with E-state index in [0.29, 0.717) is 5.95 Å². The molecule has 4 nitrogen and oxygen atoms in total. The Morgan fingerprint density at radius 3 is 3.06 bits per heavy atom. The van der Waals surface area contributed by atoms with Gasteiger partial charge in [-0.15, -0.1) is 0 Å². The monoisotopic (exact) mass is 224 g/mol. The Morgan fingerprint density at radius 2 is 2.29 bits per heavy atom. The van der Waals surface area contributed by atoms with Crippen LogP contribution < -0.4 is 16.4 Å². The number of fused-ring (bicyclic) bond motifs is 1. The number of aromatic amines is 1. The molecule has 17 heavy (non-hydrogen) atoms. The second-order valence-electron chi connectivity index (χ2n) is 4.03. The number of H-pyrrole nitrogens is 1. The summed E-state index contributed by atoms with van der Waals surface area (Å²) in [6.07, 6.45) is 4.79. The number of nitrogens with zero attached hydrogens (tertiary/aromatic N) is 2. The summed E-state index contributed by atoms with van der Waals surface area (Å²) in [5, 5.41) is 1.51. The van der Waals surface area contributed by atoms with E-state index < -0.39 is 0 Å². The lowest BCUT2D eigenvalue weighted by Crippen LogP contribution is -2.22. The van der Waals surface area contributed by atoms with E-state index in [0.717, 1.165) is 28.4 Å². The zero-order valence-corrected chi connectivity index (χ0v) is 9.27. The lowest BCUT2D eigenvalue weighted by Gasteiger charge is -1.98. The Labute approximate surface area is 98.2 Å². The molecule has 0 unspecified atom stereocenters. The molecule has 0 aliphatic carbocycles. The number of rotatable bonds is 1. The SMILES string of the molecule is C=c1[nH]c(N)n/c1=C\c1ccc2c(c1)CC=N2. The minimum atomic E-state index is 0.394. The number of hydrogen-bond acceptors (Lipinski definition) is 3. The highest BCUT2D eigenvalue weighted by molar-refractivity contribution is 5.76. The van der Waals surface area contributed by atoms with Gasteiger partial charge in [-0.25, -0.2) is 4.98 Å². The molecule has 0 fully saturated rings. The van der Waals surface area contributed by atoms with Crippen LogP contribution in [0.2, 0.25) is 0 Å². The Morgan fingerprint density at radius 1 is 1.41 bits per heavy atom. The lowest BCUT2D eigenvalue weighted by molar-refractivity contribution is 1.30. The molecule has 2 aromatic rings. The number of aliphatic imine (C=N–C) groups is 1. The van der Waals surface area contributed by atoms with Crippen LogP contribution in [0, 0.1) is 0 Å². The largest absolute Gasteiger partial charge is 0.369 e. The van der Waals surface area contributed by atoms with E-state index in [-0.39, 0.29) is 0 Å². The number of aromatic nitrogens is 2. The number of nitrogens with two attached hydrogens (primary N) is 1.